The van der Waals surface area contributed by atoms with E-state index in [-0.39, 0.29) is 0 Å². The Morgan fingerprint density at radius 3 is 2.95 bits per heavy atom. The van der Waals surface area contributed by atoms with Crippen LogP contribution in [0.1, 0.15) is 15.9 Å². The summed E-state index contributed by atoms with van der Waals surface area (Å²) in [6.45, 7) is 0.569. The molecule has 2 rings (SSSR count). The molecule has 0 unspecified atom stereocenters. The fourth-order valence-corrected chi connectivity index (χ4v) is 1.82. The first kappa shape index (κ1) is 13.4. The fraction of sp³-hybridized carbons (Fsp3) is 0.143. The van der Waals surface area contributed by atoms with Crippen LogP contribution < -0.4 is 5.32 Å². The Kier molecular flexibility index (Phi) is 4.36. The van der Waals surface area contributed by atoms with Crippen LogP contribution in [-0.2, 0) is 11.3 Å². The Bertz CT molecular complexity index is 573. The summed E-state index contributed by atoms with van der Waals surface area (Å²) < 4.78 is 4.73. The monoisotopic (exact) mass is 276 g/mol. The number of nitrogens with zero attached hydrogens (tertiary/aromatic N) is 1. The number of nitrogens with one attached hydrogen (secondary N) is 1. The van der Waals surface area contributed by atoms with Gasteiger partial charge in [-0.2, -0.15) is 0 Å². The van der Waals surface area contributed by atoms with Crippen molar-refractivity contribution in [3.8, 4) is 0 Å². The lowest BCUT2D eigenvalue weighted by molar-refractivity contribution is 0.0602. The predicted octanol–water partition coefficient (Wildman–Crippen LogP) is 3.13. The van der Waals surface area contributed by atoms with Crippen molar-refractivity contribution in [2.75, 3.05) is 12.4 Å². The maximum absolute atomic E-state index is 11.7. The van der Waals surface area contributed by atoms with Gasteiger partial charge in [-0.3, -0.25) is 4.98 Å². The van der Waals surface area contributed by atoms with Crippen molar-refractivity contribution >= 4 is 23.3 Å². The van der Waals surface area contributed by atoms with Crippen LogP contribution >= 0.6 is 11.6 Å². The van der Waals surface area contributed by atoms with Crippen molar-refractivity contribution in [2.24, 2.45) is 0 Å². The zero-order valence-corrected chi connectivity index (χ0v) is 11.1. The third-order valence-corrected chi connectivity index (χ3v) is 2.83. The summed E-state index contributed by atoms with van der Waals surface area (Å²) in [5.41, 5.74) is 2.12. The van der Waals surface area contributed by atoms with Crippen molar-refractivity contribution in [2.45, 2.75) is 6.54 Å². The molecule has 0 bridgehead atoms. The van der Waals surface area contributed by atoms with Crippen LogP contribution in [0.4, 0.5) is 5.69 Å². The van der Waals surface area contributed by atoms with Crippen molar-refractivity contribution in [3.63, 3.8) is 0 Å². The van der Waals surface area contributed by atoms with E-state index in [1.165, 1.54) is 7.11 Å². The number of pyridine rings is 1. The van der Waals surface area contributed by atoms with Crippen LogP contribution in [0.5, 0.6) is 0 Å². The lowest BCUT2D eigenvalue weighted by atomic mass is 10.1. The Hall–Kier alpha value is -2.07. The number of ether oxygens (including phenoxy) is 1. The lowest BCUT2D eigenvalue weighted by Crippen LogP contribution is -2.08. The van der Waals surface area contributed by atoms with E-state index in [1.807, 2.05) is 12.1 Å². The summed E-state index contributed by atoms with van der Waals surface area (Å²) in [5, 5.41) is 3.67. The van der Waals surface area contributed by atoms with E-state index in [2.05, 4.69) is 10.3 Å². The first-order chi connectivity index (χ1) is 9.20. The van der Waals surface area contributed by atoms with E-state index in [0.29, 0.717) is 22.8 Å². The van der Waals surface area contributed by atoms with E-state index >= 15 is 0 Å². The average molecular weight is 277 g/mol. The van der Waals surface area contributed by atoms with Gasteiger partial charge >= 0.3 is 5.97 Å². The number of hydrogen-bond acceptors (Lipinski definition) is 4. The molecule has 0 aliphatic rings. The third kappa shape index (κ3) is 3.45. The minimum absolute atomic E-state index is 0.416. The van der Waals surface area contributed by atoms with Crippen LogP contribution in [0, 0.1) is 0 Å². The van der Waals surface area contributed by atoms with Gasteiger partial charge in [0.15, 0.2) is 0 Å². The molecule has 0 aliphatic carbocycles. The molecule has 1 aromatic heterocycles. The van der Waals surface area contributed by atoms with Gasteiger partial charge in [0, 0.05) is 29.6 Å². The molecule has 19 heavy (non-hydrogen) atoms. The molecule has 98 valence electrons. The Morgan fingerprint density at radius 2 is 2.26 bits per heavy atom. The zero-order chi connectivity index (χ0) is 13.7. The number of rotatable bonds is 4. The van der Waals surface area contributed by atoms with Crippen molar-refractivity contribution < 1.29 is 9.53 Å². The molecule has 0 fully saturated rings. The van der Waals surface area contributed by atoms with Crippen molar-refractivity contribution in [1.82, 2.24) is 4.98 Å². The maximum atomic E-state index is 11.7. The summed E-state index contributed by atoms with van der Waals surface area (Å²) in [6, 6.07) is 8.87. The highest BCUT2D eigenvalue weighted by Gasteiger charge is 2.12. The molecule has 0 atom stereocenters. The van der Waals surface area contributed by atoms with Gasteiger partial charge in [0.05, 0.1) is 12.7 Å². The summed E-state index contributed by atoms with van der Waals surface area (Å²) >= 11 is 5.89. The molecule has 1 aromatic carbocycles. The highest BCUT2D eigenvalue weighted by molar-refractivity contribution is 6.31. The number of anilines is 1. The largest absolute Gasteiger partial charge is 0.465 e. The van der Waals surface area contributed by atoms with Crippen molar-refractivity contribution in [1.29, 1.82) is 0 Å². The second kappa shape index (κ2) is 6.20. The van der Waals surface area contributed by atoms with Gasteiger partial charge in [-0.1, -0.05) is 17.7 Å². The molecule has 5 heteroatoms. The quantitative estimate of drug-likeness (QED) is 0.872. The molecule has 0 radical (unpaired) electrons. The van der Waals surface area contributed by atoms with E-state index in [0.717, 1.165) is 5.56 Å². The number of carbonyl (C=O) groups is 1. The van der Waals surface area contributed by atoms with E-state index in [9.17, 15) is 4.79 Å². The normalized spacial score (nSPS) is 10.0. The van der Waals surface area contributed by atoms with E-state index in [1.54, 1.807) is 30.6 Å². The molecule has 0 saturated carbocycles. The summed E-state index contributed by atoms with van der Waals surface area (Å²) in [7, 11) is 1.34. The topological polar surface area (TPSA) is 51.2 Å². The molecular formula is C14H13ClN2O2. The second-order valence-corrected chi connectivity index (χ2v) is 4.33. The van der Waals surface area contributed by atoms with Gasteiger partial charge in [0.2, 0.25) is 0 Å². The third-order valence-electron chi connectivity index (χ3n) is 2.59. The van der Waals surface area contributed by atoms with Gasteiger partial charge in [0.1, 0.15) is 0 Å². The Morgan fingerprint density at radius 1 is 1.42 bits per heavy atom. The van der Waals surface area contributed by atoms with E-state index < -0.39 is 5.97 Å². The lowest BCUT2D eigenvalue weighted by Gasteiger charge is -2.11. The number of halogens is 1. The second-order valence-electron chi connectivity index (χ2n) is 3.90. The first-order valence-corrected chi connectivity index (χ1v) is 6.09. The number of esters is 1. The number of aromatic nitrogens is 1. The average Bonchev–Trinajstić information content (AvgIpc) is 2.46. The van der Waals surface area contributed by atoms with Gasteiger partial charge in [-0.05, 0) is 29.8 Å². The molecule has 1 heterocycles. The SMILES string of the molecule is COC(=O)c1cc(Cl)ccc1NCc1cccnc1. The molecule has 1 N–H and O–H groups in total. The minimum atomic E-state index is -0.420. The van der Waals surface area contributed by atoms with Crippen LogP contribution in [0.3, 0.4) is 0 Å². The highest BCUT2D eigenvalue weighted by atomic mass is 35.5. The van der Waals surface area contributed by atoms with Crippen LogP contribution in [0.2, 0.25) is 5.02 Å². The van der Waals surface area contributed by atoms with Gasteiger partial charge in [0.25, 0.3) is 0 Å². The van der Waals surface area contributed by atoms with Gasteiger partial charge < -0.3 is 10.1 Å². The molecule has 0 amide bonds. The zero-order valence-electron chi connectivity index (χ0n) is 10.4. The first-order valence-electron chi connectivity index (χ1n) is 5.71. The van der Waals surface area contributed by atoms with Gasteiger partial charge in [-0.15, -0.1) is 0 Å². The van der Waals surface area contributed by atoms with Crippen LogP contribution in [0.15, 0.2) is 42.7 Å². The number of hydrogen-bond donors (Lipinski definition) is 1. The summed E-state index contributed by atoms with van der Waals surface area (Å²) in [6.07, 6.45) is 3.48. The minimum Gasteiger partial charge on any atom is -0.465 e. The van der Waals surface area contributed by atoms with E-state index in [4.69, 9.17) is 16.3 Å². The smallest absolute Gasteiger partial charge is 0.340 e. The Labute approximate surface area is 116 Å². The molecule has 0 spiro atoms. The molecule has 2 aromatic rings. The maximum Gasteiger partial charge on any atom is 0.340 e. The van der Waals surface area contributed by atoms with Crippen LogP contribution in [-0.4, -0.2) is 18.1 Å². The van der Waals surface area contributed by atoms with Gasteiger partial charge in [-0.25, -0.2) is 4.79 Å². The number of carbonyl (C=O) groups excluding carboxylic acids is 1. The molecule has 4 nitrogen and oxygen atoms in total. The summed E-state index contributed by atoms with van der Waals surface area (Å²) in [4.78, 5) is 15.7. The number of methoxy groups -OCH3 is 1. The van der Waals surface area contributed by atoms with Crippen molar-refractivity contribution in [3.05, 3.63) is 58.9 Å². The molecular weight excluding hydrogens is 264 g/mol. The molecule has 0 saturated heterocycles. The molecule has 0 aliphatic heterocycles. The fourth-order valence-electron chi connectivity index (χ4n) is 1.65. The standard InChI is InChI=1S/C14H13ClN2O2/c1-19-14(18)12-7-11(15)4-5-13(12)17-9-10-3-2-6-16-8-10/h2-8,17H,9H2,1H3. The summed E-state index contributed by atoms with van der Waals surface area (Å²) in [5.74, 6) is -0.420. The van der Waals surface area contributed by atoms with Crippen LogP contribution in [0.25, 0.3) is 0 Å². The number of benzene rings is 1. The predicted molar refractivity (Wildman–Crippen MR) is 74.4 cm³/mol. The highest BCUT2D eigenvalue weighted by Crippen LogP contribution is 2.22. The Balaban J connectivity index is 2.18.